The molecule has 0 atom stereocenters. The summed E-state index contributed by atoms with van der Waals surface area (Å²) in [6.07, 6.45) is 11.4. The van der Waals surface area contributed by atoms with Crippen molar-refractivity contribution < 1.29 is 18.9 Å². The molecular formula is C22H29N3O4. The number of ether oxygens (including phenoxy) is 4. The Kier molecular flexibility index (Phi) is 9.68. The van der Waals surface area contributed by atoms with Crippen molar-refractivity contribution in [1.82, 2.24) is 9.97 Å². The lowest BCUT2D eigenvalue weighted by Gasteiger charge is -2.15. The molecule has 1 aromatic heterocycles. The number of allylic oxidation sites excluding steroid dienone is 5. The van der Waals surface area contributed by atoms with Gasteiger partial charge < -0.3 is 24.3 Å². The van der Waals surface area contributed by atoms with Gasteiger partial charge in [-0.05, 0) is 26.0 Å². The molecule has 0 aliphatic heterocycles. The molecule has 1 aromatic carbocycles. The molecule has 2 rings (SSSR count). The Bertz CT molecular complexity index is 863. The van der Waals surface area contributed by atoms with Crippen LogP contribution in [0.5, 0.6) is 11.5 Å². The second-order valence-electron chi connectivity index (χ2n) is 5.97. The summed E-state index contributed by atoms with van der Waals surface area (Å²) in [7, 11) is 3.27. The Balaban J connectivity index is 2.38. The normalized spacial score (nSPS) is 12.2. The highest BCUT2D eigenvalue weighted by molar-refractivity contribution is 5.92. The lowest BCUT2D eigenvalue weighted by atomic mass is 10.2. The second kappa shape index (κ2) is 12.5. The van der Waals surface area contributed by atoms with Gasteiger partial charge in [0.2, 0.25) is 0 Å². The summed E-state index contributed by atoms with van der Waals surface area (Å²) in [6, 6.07) is 3.74. The predicted octanol–water partition coefficient (Wildman–Crippen LogP) is 4.13. The minimum Gasteiger partial charge on any atom is -0.487 e. The van der Waals surface area contributed by atoms with Crippen LogP contribution in [0.2, 0.25) is 0 Å². The fraction of sp³-hybridized carbons (Fsp3) is 0.364. The molecule has 0 aliphatic carbocycles. The van der Waals surface area contributed by atoms with Crippen molar-refractivity contribution in [3.05, 3.63) is 54.5 Å². The first-order valence-electron chi connectivity index (χ1n) is 9.48. The minimum absolute atomic E-state index is 0.408. The van der Waals surface area contributed by atoms with Crippen LogP contribution in [0.25, 0.3) is 10.9 Å². The van der Waals surface area contributed by atoms with Crippen LogP contribution in [0.4, 0.5) is 5.82 Å². The minimum atomic E-state index is 0.408. The quantitative estimate of drug-likeness (QED) is 0.425. The number of hydrogen-bond donors (Lipinski definition) is 1. The molecule has 0 spiro atoms. The topological polar surface area (TPSA) is 74.7 Å². The van der Waals surface area contributed by atoms with Crippen LogP contribution in [0.15, 0.2) is 54.5 Å². The van der Waals surface area contributed by atoms with E-state index in [1.807, 2.05) is 56.4 Å². The Hall–Kier alpha value is -2.90. The summed E-state index contributed by atoms with van der Waals surface area (Å²) in [5.41, 5.74) is 1.67. The Morgan fingerprint density at radius 1 is 0.931 bits per heavy atom. The predicted molar refractivity (Wildman–Crippen MR) is 116 cm³/mol. The highest BCUT2D eigenvalue weighted by Crippen LogP contribution is 2.34. The first kappa shape index (κ1) is 22.4. The van der Waals surface area contributed by atoms with E-state index < -0.39 is 0 Å². The number of hydrogen-bond acceptors (Lipinski definition) is 7. The van der Waals surface area contributed by atoms with Crippen LogP contribution in [0, 0.1) is 0 Å². The van der Waals surface area contributed by atoms with Crippen LogP contribution in [0.1, 0.15) is 13.8 Å². The lowest BCUT2D eigenvalue weighted by molar-refractivity contribution is 0.132. The number of anilines is 1. The molecule has 0 fully saturated rings. The van der Waals surface area contributed by atoms with E-state index in [9.17, 15) is 0 Å². The molecule has 7 nitrogen and oxygen atoms in total. The number of nitrogens with zero attached hydrogens (tertiary/aromatic N) is 2. The highest BCUT2D eigenvalue weighted by atomic mass is 16.5. The van der Waals surface area contributed by atoms with E-state index in [2.05, 4.69) is 15.3 Å². The molecule has 156 valence electrons. The van der Waals surface area contributed by atoms with Gasteiger partial charge in [-0.15, -0.1) is 0 Å². The van der Waals surface area contributed by atoms with Crippen LogP contribution in [-0.4, -0.2) is 50.6 Å². The van der Waals surface area contributed by atoms with E-state index in [1.165, 1.54) is 6.33 Å². The molecule has 0 bridgehead atoms. The van der Waals surface area contributed by atoms with Crippen LogP contribution in [0.3, 0.4) is 0 Å². The van der Waals surface area contributed by atoms with Gasteiger partial charge in [0.25, 0.3) is 0 Å². The average Bonchev–Trinajstić information content (AvgIpc) is 2.74. The van der Waals surface area contributed by atoms with Crippen molar-refractivity contribution in [1.29, 1.82) is 0 Å². The Morgan fingerprint density at radius 2 is 1.62 bits per heavy atom. The third-order valence-electron chi connectivity index (χ3n) is 3.94. The molecule has 0 unspecified atom stereocenters. The molecule has 0 amide bonds. The molecular weight excluding hydrogens is 370 g/mol. The van der Waals surface area contributed by atoms with Gasteiger partial charge in [-0.2, -0.15) is 0 Å². The first-order chi connectivity index (χ1) is 14.2. The van der Waals surface area contributed by atoms with Crippen molar-refractivity contribution in [2.45, 2.75) is 13.8 Å². The molecule has 29 heavy (non-hydrogen) atoms. The zero-order valence-corrected chi connectivity index (χ0v) is 17.5. The van der Waals surface area contributed by atoms with Crippen LogP contribution < -0.4 is 14.8 Å². The van der Waals surface area contributed by atoms with Gasteiger partial charge in [0.1, 0.15) is 25.4 Å². The van der Waals surface area contributed by atoms with Gasteiger partial charge >= 0.3 is 0 Å². The number of rotatable bonds is 12. The fourth-order valence-corrected chi connectivity index (χ4v) is 2.48. The summed E-state index contributed by atoms with van der Waals surface area (Å²) in [4.78, 5) is 8.80. The van der Waals surface area contributed by atoms with Crippen molar-refractivity contribution in [2.75, 3.05) is 46.0 Å². The molecule has 7 heteroatoms. The fourth-order valence-electron chi connectivity index (χ4n) is 2.48. The Labute approximate surface area is 172 Å². The van der Waals surface area contributed by atoms with Gasteiger partial charge in [-0.1, -0.05) is 24.3 Å². The van der Waals surface area contributed by atoms with E-state index in [0.29, 0.717) is 43.7 Å². The molecule has 2 aromatic rings. The maximum Gasteiger partial charge on any atom is 0.163 e. The summed E-state index contributed by atoms with van der Waals surface area (Å²) < 4.78 is 21.8. The van der Waals surface area contributed by atoms with Crippen molar-refractivity contribution >= 4 is 16.7 Å². The molecule has 1 heterocycles. The average molecular weight is 399 g/mol. The van der Waals surface area contributed by atoms with Gasteiger partial charge in [0, 0.05) is 31.4 Å². The van der Waals surface area contributed by atoms with E-state index in [0.717, 1.165) is 16.6 Å². The maximum atomic E-state index is 5.87. The number of aromatic nitrogens is 2. The first-order valence-corrected chi connectivity index (χ1v) is 9.48. The van der Waals surface area contributed by atoms with Gasteiger partial charge in [0.05, 0.1) is 18.7 Å². The molecule has 0 aliphatic rings. The zero-order chi connectivity index (χ0) is 20.9. The largest absolute Gasteiger partial charge is 0.487 e. The summed E-state index contributed by atoms with van der Waals surface area (Å²) >= 11 is 0. The summed E-state index contributed by atoms with van der Waals surface area (Å²) in [5.74, 6) is 1.90. The van der Waals surface area contributed by atoms with E-state index >= 15 is 0 Å². The lowest BCUT2D eigenvalue weighted by Crippen LogP contribution is -2.09. The summed E-state index contributed by atoms with van der Waals surface area (Å²) in [6.45, 7) is 5.72. The molecule has 0 saturated heterocycles. The van der Waals surface area contributed by atoms with Crippen LogP contribution >= 0.6 is 0 Å². The third-order valence-corrected chi connectivity index (χ3v) is 3.94. The number of fused-ring (bicyclic) bond motifs is 1. The smallest absolute Gasteiger partial charge is 0.163 e. The standard InChI is InChI=1S/C22H29N3O4/c1-5-7-8-9-17(6-2)25-22-18-14-20(28-12-10-26-3)21(29-13-11-27-4)15-19(18)23-16-24-22/h5-9,14-16H,10-13H2,1-4H3,(H,23,24,25)/b7-5-,9-8-,17-6+. The second-order valence-corrected chi connectivity index (χ2v) is 5.97. The van der Waals surface area contributed by atoms with Gasteiger partial charge in [0.15, 0.2) is 11.5 Å². The monoisotopic (exact) mass is 399 g/mol. The van der Waals surface area contributed by atoms with Gasteiger partial charge in [-0.25, -0.2) is 9.97 Å². The number of benzene rings is 1. The Morgan fingerprint density at radius 3 is 2.24 bits per heavy atom. The number of methoxy groups -OCH3 is 2. The zero-order valence-electron chi connectivity index (χ0n) is 17.5. The van der Waals surface area contributed by atoms with Gasteiger partial charge in [-0.3, -0.25) is 0 Å². The van der Waals surface area contributed by atoms with Crippen molar-refractivity contribution in [2.24, 2.45) is 0 Å². The highest BCUT2D eigenvalue weighted by Gasteiger charge is 2.13. The van der Waals surface area contributed by atoms with E-state index in [-0.39, 0.29) is 0 Å². The van der Waals surface area contributed by atoms with Crippen molar-refractivity contribution in [3.8, 4) is 11.5 Å². The molecule has 0 radical (unpaired) electrons. The van der Waals surface area contributed by atoms with E-state index in [4.69, 9.17) is 18.9 Å². The number of nitrogens with one attached hydrogen (secondary N) is 1. The SMILES string of the molecule is C\C=C/C=C\C(=C/C)Nc1ncnc2cc(OCCOC)c(OCCOC)cc12. The van der Waals surface area contributed by atoms with E-state index in [1.54, 1.807) is 14.2 Å². The van der Waals surface area contributed by atoms with Crippen molar-refractivity contribution in [3.63, 3.8) is 0 Å². The summed E-state index contributed by atoms with van der Waals surface area (Å²) in [5, 5.41) is 4.18. The third kappa shape index (κ3) is 6.89. The van der Waals surface area contributed by atoms with Crippen LogP contribution in [-0.2, 0) is 9.47 Å². The maximum absolute atomic E-state index is 5.87. The molecule has 1 N–H and O–H groups in total. The molecule has 0 saturated carbocycles.